The summed E-state index contributed by atoms with van der Waals surface area (Å²) in [5.41, 5.74) is 3.12. The average Bonchev–Trinajstić information content (AvgIpc) is 2.51. The van der Waals surface area contributed by atoms with E-state index >= 15 is 0 Å². The van der Waals surface area contributed by atoms with E-state index in [4.69, 9.17) is 4.74 Å². The molecule has 0 heterocycles. The maximum absolute atomic E-state index is 11.8. The molecule has 0 saturated carbocycles. The molecular formula is C18H19NO2S. The summed E-state index contributed by atoms with van der Waals surface area (Å²) in [6.07, 6.45) is 4.79. The Morgan fingerprint density at radius 2 is 1.82 bits per heavy atom. The molecule has 3 nitrogen and oxygen atoms in total. The smallest absolute Gasteiger partial charge is 0.251 e. The van der Waals surface area contributed by atoms with Crippen LogP contribution < -0.4 is 10.1 Å². The number of rotatable bonds is 5. The van der Waals surface area contributed by atoms with Crippen LogP contribution in [0.3, 0.4) is 0 Å². The normalized spacial score (nSPS) is 10.7. The van der Waals surface area contributed by atoms with Gasteiger partial charge in [0.1, 0.15) is 5.75 Å². The number of hydrogen-bond acceptors (Lipinski definition) is 3. The van der Waals surface area contributed by atoms with E-state index in [2.05, 4.69) is 5.32 Å². The maximum atomic E-state index is 11.8. The second-order valence-corrected chi connectivity index (χ2v) is 5.76. The fraction of sp³-hybridized carbons (Fsp3) is 0.167. The average molecular weight is 313 g/mol. The molecular weight excluding hydrogens is 294 g/mol. The minimum Gasteiger partial charge on any atom is -0.465 e. The van der Waals surface area contributed by atoms with Crippen LogP contribution in [0, 0.1) is 13.8 Å². The molecule has 1 N–H and O–H groups in total. The van der Waals surface area contributed by atoms with Gasteiger partial charge >= 0.3 is 0 Å². The van der Waals surface area contributed by atoms with E-state index < -0.39 is 0 Å². The molecule has 2 aromatic carbocycles. The standard InChI is InChI=1S/C18H19NO2S/c1-13-4-5-15(12-14(13)2)19-18(20)10-11-21-16-6-8-17(22-3)9-7-16/h4-12H,1-3H3,(H,19,20). The lowest BCUT2D eigenvalue weighted by molar-refractivity contribution is -0.112. The van der Waals surface area contributed by atoms with Crippen LogP contribution in [0.1, 0.15) is 11.1 Å². The number of thioether (sulfide) groups is 1. The number of ether oxygens (including phenoxy) is 1. The van der Waals surface area contributed by atoms with Gasteiger partial charge in [0.25, 0.3) is 5.91 Å². The van der Waals surface area contributed by atoms with Crippen molar-refractivity contribution in [3.05, 3.63) is 65.9 Å². The first-order valence-corrected chi connectivity index (χ1v) is 8.16. The molecule has 0 aliphatic carbocycles. The number of carbonyl (C=O) groups is 1. The topological polar surface area (TPSA) is 38.3 Å². The Kier molecular flexibility index (Phi) is 5.67. The lowest BCUT2D eigenvalue weighted by Crippen LogP contribution is -2.08. The van der Waals surface area contributed by atoms with E-state index in [9.17, 15) is 4.79 Å². The Labute approximate surface area is 135 Å². The van der Waals surface area contributed by atoms with Crippen molar-refractivity contribution < 1.29 is 9.53 Å². The molecule has 22 heavy (non-hydrogen) atoms. The minimum atomic E-state index is -0.219. The second-order valence-electron chi connectivity index (χ2n) is 4.88. The molecule has 0 aliphatic rings. The van der Waals surface area contributed by atoms with E-state index in [-0.39, 0.29) is 5.91 Å². The number of carbonyl (C=O) groups excluding carboxylic acids is 1. The molecule has 4 heteroatoms. The molecule has 0 fully saturated rings. The van der Waals surface area contributed by atoms with Crippen molar-refractivity contribution in [1.82, 2.24) is 0 Å². The lowest BCUT2D eigenvalue weighted by Gasteiger charge is -2.05. The first-order valence-electron chi connectivity index (χ1n) is 6.94. The van der Waals surface area contributed by atoms with Gasteiger partial charge in [-0.25, -0.2) is 0 Å². The number of benzene rings is 2. The van der Waals surface area contributed by atoms with Gasteiger partial charge in [-0.1, -0.05) is 6.07 Å². The van der Waals surface area contributed by atoms with E-state index in [1.54, 1.807) is 11.8 Å². The van der Waals surface area contributed by atoms with Crippen LogP contribution in [-0.2, 0) is 4.79 Å². The first kappa shape index (κ1) is 16.2. The van der Waals surface area contributed by atoms with Crippen LogP contribution in [-0.4, -0.2) is 12.2 Å². The Morgan fingerprint density at radius 1 is 1.09 bits per heavy atom. The zero-order valence-electron chi connectivity index (χ0n) is 12.9. The molecule has 1 amide bonds. The Balaban J connectivity index is 1.89. The highest BCUT2D eigenvalue weighted by Gasteiger charge is 2.00. The summed E-state index contributed by atoms with van der Waals surface area (Å²) >= 11 is 1.67. The van der Waals surface area contributed by atoms with Crippen molar-refractivity contribution in [3.8, 4) is 5.75 Å². The third-order valence-electron chi connectivity index (χ3n) is 3.26. The van der Waals surface area contributed by atoms with E-state index in [1.165, 1.54) is 22.8 Å². The number of amides is 1. The van der Waals surface area contributed by atoms with Crippen molar-refractivity contribution in [2.45, 2.75) is 18.7 Å². The second kappa shape index (κ2) is 7.71. The van der Waals surface area contributed by atoms with Crippen molar-refractivity contribution in [2.75, 3.05) is 11.6 Å². The summed E-state index contributed by atoms with van der Waals surface area (Å²) in [5, 5.41) is 2.81. The van der Waals surface area contributed by atoms with Crippen molar-refractivity contribution in [1.29, 1.82) is 0 Å². The molecule has 0 spiro atoms. The zero-order chi connectivity index (χ0) is 15.9. The highest BCUT2D eigenvalue weighted by molar-refractivity contribution is 7.98. The molecule has 0 aromatic heterocycles. The van der Waals surface area contributed by atoms with Crippen LogP contribution in [0.25, 0.3) is 0 Å². The van der Waals surface area contributed by atoms with E-state index in [0.29, 0.717) is 5.75 Å². The van der Waals surface area contributed by atoms with Gasteiger partial charge in [0.2, 0.25) is 0 Å². The van der Waals surface area contributed by atoms with Gasteiger partial charge in [-0.15, -0.1) is 11.8 Å². The molecule has 2 aromatic rings. The fourth-order valence-corrected chi connectivity index (χ4v) is 2.24. The largest absolute Gasteiger partial charge is 0.465 e. The van der Waals surface area contributed by atoms with Gasteiger partial charge in [-0.3, -0.25) is 4.79 Å². The highest BCUT2D eigenvalue weighted by atomic mass is 32.2. The number of nitrogens with one attached hydrogen (secondary N) is 1. The minimum absolute atomic E-state index is 0.219. The van der Waals surface area contributed by atoms with Crippen LogP contribution in [0.2, 0.25) is 0 Å². The van der Waals surface area contributed by atoms with Crippen molar-refractivity contribution in [2.24, 2.45) is 0 Å². The molecule has 0 unspecified atom stereocenters. The third-order valence-corrected chi connectivity index (χ3v) is 4.00. The van der Waals surface area contributed by atoms with Gasteiger partial charge in [0, 0.05) is 16.7 Å². The molecule has 0 aliphatic heterocycles. The summed E-state index contributed by atoms with van der Waals surface area (Å²) in [4.78, 5) is 13.0. The fourth-order valence-electron chi connectivity index (χ4n) is 1.83. The van der Waals surface area contributed by atoms with E-state index in [0.717, 1.165) is 11.3 Å². The Hall–Kier alpha value is -2.20. The van der Waals surface area contributed by atoms with Crippen LogP contribution in [0.4, 0.5) is 5.69 Å². The molecule has 114 valence electrons. The SMILES string of the molecule is CSc1ccc(OC=CC(=O)Nc2ccc(C)c(C)c2)cc1. The van der Waals surface area contributed by atoms with Crippen LogP contribution >= 0.6 is 11.8 Å². The number of anilines is 1. The summed E-state index contributed by atoms with van der Waals surface area (Å²) in [7, 11) is 0. The lowest BCUT2D eigenvalue weighted by atomic mass is 10.1. The third kappa shape index (κ3) is 4.67. The van der Waals surface area contributed by atoms with Crippen LogP contribution in [0.5, 0.6) is 5.75 Å². The van der Waals surface area contributed by atoms with Gasteiger partial charge < -0.3 is 10.1 Å². The summed E-state index contributed by atoms with van der Waals surface area (Å²) in [5.74, 6) is 0.483. The first-order chi connectivity index (χ1) is 10.6. The highest BCUT2D eigenvalue weighted by Crippen LogP contribution is 2.19. The number of aryl methyl sites for hydroxylation is 2. The number of hydrogen-bond donors (Lipinski definition) is 1. The summed E-state index contributed by atoms with van der Waals surface area (Å²) < 4.78 is 5.41. The molecule has 0 saturated heterocycles. The molecule has 2 rings (SSSR count). The van der Waals surface area contributed by atoms with Gasteiger partial charge in [0.05, 0.1) is 6.26 Å². The van der Waals surface area contributed by atoms with Crippen molar-refractivity contribution >= 4 is 23.4 Å². The van der Waals surface area contributed by atoms with Crippen molar-refractivity contribution in [3.63, 3.8) is 0 Å². The van der Waals surface area contributed by atoms with Gasteiger partial charge in [-0.2, -0.15) is 0 Å². The quantitative estimate of drug-likeness (QED) is 0.500. The van der Waals surface area contributed by atoms with Gasteiger partial charge in [0.15, 0.2) is 0 Å². The Morgan fingerprint density at radius 3 is 2.45 bits per heavy atom. The summed E-state index contributed by atoms with van der Waals surface area (Å²) in [6.45, 7) is 4.05. The predicted octanol–water partition coefficient (Wildman–Crippen LogP) is 4.56. The van der Waals surface area contributed by atoms with Crippen LogP contribution in [0.15, 0.2) is 59.7 Å². The summed E-state index contributed by atoms with van der Waals surface area (Å²) in [6, 6.07) is 13.5. The Bertz CT molecular complexity index is 678. The maximum Gasteiger partial charge on any atom is 0.251 e. The monoisotopic (exact) mass is 313 g/mol. The molecule has 0 atom stereocenters. The van der Waals surface area contributed by atoms with E-state index in [1.807, 2.05) is 62.6 Å². The molecule has 0 radical (unpaired) electrons. The zero-order valence-corrected chi connectivity index (χ0v) is 13.7. The predicted molar refractivity (Wildman–Crippen MR) is 92.5 cm³/mol. The van der Waals surface area contributed by atoms with Gasteiger partial charge in [-0.05, 0) is 67.6 Å². The molecule has 0 bridgehead atoms.